The molecule has 23 heavy (non-hydrogen) atoms. The molecule has 0 spiro atoms. The first kappa shape index (κ1) is 14.7. The number of halogens is 1. The summed E-state index contributed by atoms with van der Waals surface area (Å²) < 4.78 is 0. The van der Waals surface area contributed by atoms with Crippen LogP contribution in [0.15, 0.2) is 70.3 Å². The Morgan fingerprint density at radius 1 is 0.957 bits per heavy atom. The minimum absolute atomic E-state index is 0.248. The highest BCUT2D eigenvalue weighted by atomic mass is 35.5. The van der Waals surface area contributed by atoms with Crippen LogP contribution in [0.3, 0.4) is 0 Å². The lowest BCUT2D eigenvalue weighted by Gasteiger charge is -2.08. The van der Waals surface area contributed by atoms with Crippen molar-refractivity contribution in [3.63, 3.8) is 0 Å². The van der Waals surface area contributed by atoms with Gasteiger partial charge in [0.1, 0.15) is 0 Å². The Kier molecular flexibility index (Phi) is 4.02. The molecule has 0 fully saturated rings. The number of thiophene rings is 1. The van der Waals surface area contributed by atoms with Gasteiger partial charge in [-0.1, -0.05) is 54.1 Å². The molecule has 1 aliphatic rings. The second-order valence-corrected chi connectivity index (χ2v) is 6.93. The molecule has 1 unspecified atom stereocenters. The maximum atomic E-state index is 6.30. The van der Waals surface area contributed by atoms with E-state index in [1.54, 1.807) is 11.3 Å². The standard InChI is InChI=1S/C20H16ClNS/c21-18-4-2-1-3-17(18)20-10-9-19(22-20)15-7-5-14(6-8-15)16-11-12-23-13-16/h1-8,11-13,19H,9-10H2. The number of aliphatic imine (C=N–C) groups is 1. The Morgan fingerprint density at radius 2 is 1.78 bits per heavy atom. The first-order chi connectivity index (χ1) is 11.3. The molecule has 3 aromatic rings. The summed E-state index contributed by atoms with van der Waals surface area (Å²) in [4.78, 5) is 4.92. The molecular formula is C20H16ClNS. The van der Waals surface area contributed by atoms with Crippen molar-refractivity contribution >= 4 is 28.6 Å². The van der Waals surface area contributed by atoms with Crippen molar-refractivity contribution in [2.45, 2.75) is 18.9 Å². The second kappa shape index (κ2) is 6.31. The molecule has 0 amide bonds. The molecule has 114 valence electrons. The summed E-state index contributed by atoms with van der Waals surface area (Å²) in [7, 11) is 0. The number of nitrogens with zero attached hydrogens (tertiary/aromatic N) is 1. The van der Waals surface area contributed by atoms with Crippen molar-refractivity contribution in [2.24, 2.45) is 4.99 Å². The average molecular weight is 338 g/mol. The molecule has 4 rings (SSSR count). The van der Waals surface area contributed by atoms with Gasteiger partial charge in [0.2, 0.25) is 0 Å². The van der Waals surface area contributed by atoms with Crippen LogP contribution in [0.2, 0.25) is 5.02 Å². The van der Waals surface area contributed by atoms with Gasteiger partial charge in [0.05, 0.1) is 6.04 Å². The van der Waals surface area contributed by atoms with Crippen molar-refractivity contribution in [3.05, 3.63) is 81.5 Å². The molecule has 0 aliphatic carbocycles. The maximum Gasteiger partial charge on any atom is 0.0756 e. The molecule has 0 bridgehead atoms. The van der Waals surface area contributed by atoms with Crippen LogP contribution in [0.5, 0.6) is 0 Å². The zero-order valence-corrected chi connectivity index (χ0v) is 14.1. The highest BCUT2D eigenvalue weighted by Crippen LogP contribution is 2.33. The Labute approximate surface area is 145 Å². The molecule has 1 atom stereocenters. The van der Waals surface area contributed by atoms with Crippen LogP contribution in [-0.2, 0) is 0 Å². The zero-order valence-electron chi connectivity index (χ0n) is 12.6. The lowest BCUT2D eigenvalue weighted by atomic mass is 10.0. The van der Waals surface area contributed by atoms with Gasteiger partial charge in [0.25, 0.3) is 0 Å². The topological polar surface area (TPSA) is 12.4 Å². The second-order valence-electron chi connectivity index (χ2n) is 5.74. The Morgan fingerprint density at radius 3 is 2.52 bits per heavy atom. The normalized spacial score (nSPS) is 17.3. The first-order valence-electron chi connectivity index (χ1n) is 7.75. The van der Waals surface area contributed by atoms with Crippen molar-refractivity contribution in [2.75, 3.05) is 0 Å². The van der Waals surface area contributed by atoms with Crippen LogP contribution in [0.4, 0.5) is 0 Å². The van der Waals surface area contributed by atoms with Gasteiger partial charge in [-0.25, -0.2) is 0 Å². The van der Waals surface area contributed by atoms with Crippen LogP contribution in [0, 0.1) is 0 Å². The zero-order chi connectivity index (χ0) is 15.6. The number of hydrogen-bond donors (Lipinski definition) is 0. The average Bonchev–Trinajstić information content (AvgIpc) is 3.27. The van der Waals surface area contributed by atoms with E-state index < -0.39 is 0 Å². The van der Waals surface area contributed by atoms with Gasteiger partial charge >= 0.3 is 0 Å². The van der Waals surface area contributed by atoms with Crippen molar-refractivity contribution in [3.8, 4) is 11.1 Å². The monoisotopic (exact) mass is 337 g/mol. The first-order valence-corrected chi connectivity index (χ1v) is 9.07. The highest BCUT2D eigenvalue weighted by molar-refractivity contribution is 7.08. The molecule has 0 radical (unpaired) electrons. The molecular weight excluding hydrogens is 322 g/mol. The summed E-state index contributed by atoms with van der Waals surface area (Å²) in [6, 6.07) is 19.2. The van der Waals surface area contributed by atoms with Gasteiger partial charge < -0.3 is 0 Å². The van der Waals surface area contributed by atoms with Crippen molar-refractivity contribution < 1.29 is 0 Å². The van der Waals surface area contributed by atoms with Gasteiger partial charge in [-0.3, -0.25) is 4.99 Å². The number of rotatable bonds is 3. The van der Waals surface area contributed by atoms with Crippen LogP contribution in [0.1, 0.15) is 30.0 Å². The van der Waals surface area contributed by atoms with E-state index in [2.05, 4.69) is 47.2 Å². The largest absolute Gasteiger partial charge is 0.281 e. The quantitative estimate of drug-likeness (QED) is 0.525. The Hall–Kier alpha value is -1.90. The van der Waals surface area contributed by atoms with Crippen LogP contribution < -0.4 is 0 Å². The van der Waals surface area contributed by atoms with Crippen LogP contribution in [0.25, 0.3) is 11.1 Å². The molecule has 1 aliphatic heterocycles. The molecule has 0 saturated carbocycles. The lowest BCUT2D eigenvalue weighted by molar-refractivity contribution is 0.723. The van der Waals surface area contributed by atoms with E-state index in [1.807, 2.05) is 18.2 Å². The van der Waals surface area contributed by atoms with Crippen molar-refractivity contribution in [1.82, 2.24) is 0 Å². The Balaban J connectivity index is 1.59. The summed E-state index contributed by atoms with van der Waals surface area (Å²) in [6.07, 6.45) is 2.04. The molecule has 1 nitrogen and oxygen atoms in total. The van der Waals surface area contributed by atoms with E-state index in [-0.39, 0.29) is 6.04 Å². The van der Waals surface area contributed by atoms with E-state index in [4.69, 9.17) is 16.6 Å². The fourth-order valence-electron chi connectivity index (χ4n) is 3.06. The highest BCUT2D eigenvalue weighted by Gasteiger charge is 2.21. The van der Waals surface area contributed by atoms with E-state index in [0.717, 1.165) is 29.1 Å². The molecule has 2 heterocycles. The van der Waals surface area contributed by atoms with Gasteiger partial charge in [-0.15, -0.1) is 0 Å². The predicted octanol–water partition coefficient (Wildman–Crippen LogP) is 6.39. The summed E-state index contributed by atoms with van der Waals surface area (Å²) in [5.74, 6) is 0. The van der Waals surface area contributed by atoms with E-state index in [0.29, 0.717) is 0 Å². The summed E-state index contributed by atoms with van der Waals surface area (Å²) >= 11 is 8.02. The summed E-state index contributed by atoms with van der Waals surface area (Å²) in [6.45, 7) is 0. The van der Waals surface area contributed by atoms with E-state index >= 15 is 0 Å². The van der Waals surface area contributed by atoms with Gasteiger partial charge in [-0.2, -0.15) is 11.3 Å². The SMILES string of the molecule is Clc1ccccc1C1=NC(c2ccc(-c3ccsc3)cc2)CC1. The van der Waals surface area contributed by atoms with Gasteiger partial charge in [-0.05, 0) is 52.4 Å². The van der Waals surface area contributed by atoms with Crippen molar-refractivity contribution in [1.29, 1.82) is 0 Å². The van der Waals surface area contributed by atoms with Crippen LogP contribution in [-0.4, -0.2) is 5.71 Å². The molecule has 2 aromatic carbocycles. The van der Waals surface area contributed by atoms with E-state index in [1.165, 1.54) is 16.7 Å². The number of hydrogen-bond acceptors (Lipinski definition) is 2. The molecule has 0 saturated heterocycles. The fraction of sp³-hybridized carbons (Fsp3) is 0.150. The van der Waals surface area contributed by atoms with E-state index in [9.17, 15) is 0 Å². The van der Waals surface area contributed by atoms with Crippen LogP contribution >= 0.6 is 22.9 Å². The Bertz CT molecular complexity index is 834. The third kappa shape index (κ3) is 2.97. The molecule has 1 aromatic heterocycles. The van der Waals surface area contributed by atoms with Gasteiger partial charge in [0.15, 0.2) is 0 Å². The molecule has 0 N–H and O–H groups in total. The number of benzene rings is 2. The minimum atomic E-state index is 0.248. The van der Waals surface area contributed by atoms with Gasteiger partial charge in [0, 0.05) is 16.3 Å². The predicted molar refractivity (Wildman–Crippen MR) is 99.7 cm³/mol. The third-order valence-corrected chi connectivity index (χ3v) is 5.31. The lowest BCUT2D eigenvalue weighted by Crippen LogP contribution is -1.96. The smallest absolute Gasteiger partial charge is 0.0756 e. The summed E-state index contributed by atoms with van der Waals surface area (Å²) in [5.41, 5.74) is 6.04. The molecule has 3 heteroatoms. The summed E-state index contributed by atoms with van der Waals surface area (Å²) in [5, 5.41) is 5.08. The fourth-order valence-corrected chi connectivity index (χ4v) is 3.97. The third-order valence-electron chi connectivity index (χ3n) is 4.30. The maximum absolute atomic E-state index is 6.30. The minimum Gasteiger partial charge on any atom is -0.281 e.